The molecule has 5 heterocycles. The number of likely N-dealkylation sites (tertiary alicyclic amines) is 1. The first kappa shape index (κ1) is 21.5. The lowest BCUT2D eigenvalue weighted by atomic mass is 10.1. The van der Waals surface area contributed by atoms with Crippen LogP contribution in [0, 0.1) is 11.3 Å². The van der Waals surface area contributed by atoms with Crippen LogP contribution in [0.5, 0.6) is 0 Å². The molecule has 170 valence electrons. The molecule has 0 unspecified atom stereocenters. The van der Waals surface area contributed by atoms with Crippen LogP contribution in [-0.4, -0.2) is 69.9 Å². The molecule has 0 radical (unpaired) electrons. The zero-order valence-corrected chi connectivity index (χ0v) is 19.0. The SMILES string of the molecule is C=NC(=Nc1c(CN2CC(OC)C2)nc2n1CCOC2(C)C)c1cnc2[nH]cc(C#N)c2c1. The number of nitrogens with one attached hydrogen (secondary N) is 1. The van der Waals surface area contributed by atoms with E-state index >= 15 is 0 Å². The van der Waals surface area contributed by atoms with E-state index in [2.05, 4.69) is 37.2 Å². The van der Waals surface area contributed by atoms with Crippen molar-refractivity contribution in [2.24, 2.45) is 9.98 Å². The van der Waals surface area contributed by atoms with Crippen molar-refractivity contribution in [3.63, 3.8) is 0 Å². The number of imidazole rings is 1. The maximum absolute atomic E-state index is 9.38. The van der Waals surface area contributed by atoms with E-state index in [1.165, 1.54) is 0 Å². The zero-order valence-electron chi connectivity index (χ0n) is 19.0. The Balaban J connectivity index is 1.58. The van der Waals surface area contributed by atoms with Crippen LogP contribution in [0.15, 0.2) is 28.4 Å². The fourth-order valence-corrected chi connectivity index (χ4v) is 4.38. The van der Waals surface area contributed by atoms with E-state index in [9.17, 15) is 5.26 Å². The number of aliphatic imine (C=N–C) groups is 2. The van der Waals surface area contributed by atoms with E-state index in [0.717, 1.165) is 35.8 Å². The molecule has 1 fully saturated rings. The van der Waals surface area contributed by atoms with Gasteiger partial charge in [-0.1, -0.05) is 0 Å². The van der Waals surface area contributed by atoms with Crippen molar-refractivity contribution in [1.82, 2.24) is 24.4 Å². The van der Waals surface area contributed by atoms with Crippen LogP contribution in [0.2, 0.25) is 0 Å². The highest BCUT2D eigenvalue weighted by atomic mass is 16.5. The number of H-pyrrole nitrogens is 1. The third-order valence-corrected chi connectivity index (χ3v) is 6.23. The molecule has 33 heavy (non-hydrogen) atoms. The average molecular weight is 447 g/mol. The van der Waals surface area contributed by atoms with Crippen LogP contribution < -0.4 is 0 Å². The van der Waals surface area contributed by atoms with Gasteiger partial charge in [-0.25, -0.2) is 20.0 Å². The molecule has 0 atom stereocenters. The van der Waals surface area contributed by atoms with Gasteiger partial charge in [0.2, 0.25) is 0 Å². The number of hydrogen-bond donors (Lipinski definition) is 1. The Bertz CT molecular complexity index is 1290. The molecule has 0 amide bonds. The predicted octanol–water partition coefficient (Wildman–Crippen LogP) is 2.51. The van der Waals surface area contributed by atoms with Gasteiger partial charge in [-0.3, -0.25) is 4.90 Å². The van der Waals surface area contributed by atoms with Gasteiger partial charge in [-0.2, -0.15) is 5.26 Å². The van der Waals surface area contributed by atoms with Gasteiger partial charge in [-0.05, 0) is 26.6 Å². The molecule has 0 saturated carbocycles. The summed E-state index contributed by atoms with van der Waals surface area (Å²) in [4.78, 5) is 23.8. The Morgan fingerprint density at radius 2 is 2.27 bits per heavy atom. The summed E-state index contributed by atoms with van der Waals surface area (Å²) in [5.41, 5.74) is 2.21. The number of ether oxygens (including phenoxy) is 2. The molecular weight excluding hydrogens is 420 g/mol. The maximum atomic E-state index is 9.38. The summed E-state index contributed by atoms with van der Waals surface area (Å²) in [5, 5.41) is 10.1. The largest absolute Gasteiger partial charge is 0.379 e. The molecule has 10 nitrogen and oxygen atoms in total. The summed E-state index contributed by atoms with van der Waals surface area (Å²) < 4.78 is 13.5. The van der Waals surface area contributed by atoms with Crippen molar-refractivity contribution in [3.05, 3.63) is 41.1 Å². The van der Waals surface area contributed by atoms with Gasteiger partial charge in [0.1, 0.15) is 23.1 Å². The first-order valence-corrected chi connectivity index (χ1v) is 10.9. The monoisotopic (exact) mass is 446 g/mol. The first-order valence-electron chi connectivity index (χ1n) is 10.9. The van der Waals surface area contributed by atoms with Gasteiger partial charge >= 0.3 is 0 Å². The van der Waals surface area contributed by atoms with E-state index in [0.29, 0.717) is 42.3 Å². The molecule has 1 saturated heterocycles. The van der Waals surface area contributed by atoms with E-state index in [4.69, 9.17) is 19.5 Å². The molecular formula is C23H26N8O2. The molecule has 3 aromatic rings. The number of nitriles is 1. The third kappa shape index (κ3) is 3.74. The summed E-state index contributed by atoms with van der Waals surface area (Å²) in [5.74, 6) is 2.03. The summed E-state index contributed by atoms with van der Waals surface area (Å²) in [6.45, 7) is 11.4. The van der Waals surface area contributed by atoms with Gasteiger partial charge in [0.05, 0.1) is 24.0 Å². The number of rotatable bonds is 5. The lowest BCUT2D eigenvalue weighted by molar-refractivity contribution is -0.0537. The number of aromatic amines is 1. The van der Waals surface area contributed by atoms with Crippen molar-refractivity contribution in [2.45, 2.75) is 38.6 Å². The van der Waals surface area contributed by atoms with Crippen molar-refractivity contribution < 1.29 is 9.47 Å². The quantitative estimate of drug-likeness (QED) is 0.475. The maximum Gasteiger partial charge on any atom is 0.162 e. The molecule has 1 N–H and O–H groups in total. The number of hydrogen-bond acceptors (Lipinski definition) is 7. The summed E-state index contributed by atoms with van der Waals surface area (Å²) in [7, 11) is 1.74. The summed E-state index contributed by atoms with van der Waals surface area (Å²) in [6.07, 6.45) is 3.59. The summed E-state index contributed by atoms with van der Waals surface area (Å²) in [6, 6.07) is 4.05. The Hall–Kier alpha value is -3.39. The van der Waals surface area contributed by atoms with Gasteiger partial charge < -0.3 is 19.0 Å². The highest BCUT2D eigenvalue weighted by Gasteiger charge is 2.35. The van der Waals surface area contributed by atoms with Gasteiger partial charge in [-0.15, -0.1) is 0 Å². The molecule has 0 aromatic carbocycles. The van der Waals surface area contributed by atoms with Crippen molar-refractivity contribution in [1.29, 1.82) is 5.26 Å². The average Bonchev–Trinajstić information content (AvgIpc) is 3.35. The van der Waals surface area contributed by atoms with Crippen LogP contribution in [0.3, 0.4) is 0 Å². The van der Waals surface area contributed by atoms with Crippen LogP contribution in [0.25, 0.3) is 11.0 Å². The van der Waals surface area contributed by atoms with E-state index < -0.39 is 5.60 Å². The molecule has 0 spiro atoms. The third-order valence-electron chi connectivity index (χ3n) is 6.23. The molecule has 5 rings (SSSR count). The van der Waals surface area contributed by atoms with E-state index in [1.54, 1.807) is 19.5 Å². The Morgan fingerprint density at radius 1 is 1.45 bits per heavy atom. The zero-order chi connectivity index (χ0) is 23.2. The van der Waals surface area contributed by atoms with E-state index in [1.807, 2.05) is 19.9 Å². The second kappa shape index (κ2) is 8.19. The molecule has 2 aliphatic heterocycles. The first-order chi connectivity index (χ1) is 15.9. The second-order valence-electron chi connectivity index (χ2n) is 8.80. The fourth-order valence-electron chi connectivity index (χ4n) is 4.38. The normalized spacial score (nSPS) is 18.7. The van der Waals surface area contributed by atoms with Crippen LogP contribution in [0.4, 0.5) is 5.82 Å². The van der Waals surface area contributed by atoms with Crippen molar-refractivity contribution >= 4 is 29.4 Å². The minimum atomic E-state index is -0.514. The number of aromatic nitrogens is 4. The van der Waals surface area contributed by atoms with Crippen LogP contribution in [-0.2, 0) is 28.2 Å². The minimum Gasteiger partial charge on any atom is -0.379 e. The molecule has 0 bridgehead atoms. The van der Waals surface area contributed by atoms with Crippen LogP contribution in [0.1, 0.15) is 36.5 Å². The minimum absolute atomic E-state index is 0.257. The lowest BCUT2D eigenvalue weighted by Crippen LogP contribution is -2.51. The van der Waals surface area contributed by atoms with Crippen molar-refractivity contribution in [3.8, 4) is 6.07 Å². The predicted molar refractivity (Wildman–Crippen MR) is 124 cm³/mol. The molecule has 10 heteroatoms. The van der Waals surface area contributed by atoms with Crippen LogP contribution >= 0.6 is 0 Å². The second-order valence-corrected chi connectivity index (χ2v) is 8.80. The topological polar surface area (TPSA) is 117 Å². The number of amidine groups is 1. The Morgan fingerprint density at radius 3 is 3.00 bits per heavy atom. The highest BCUT2D eigenvalue weighted by molar-refractivity contribution is 6.04. The Labute approximate surface area is 191 Å². The smallest absolute Gasteiger partial charge is 0.162 e. The standard InChI is InChI=1S/C23H26N8O2/c1-23(2)22-28-18(13-30-11-16(12-30)32-4)21(31(22)5-6-33-23)29-19(25-3)14-7-17-15(8-24)10-27-20(17)26-9-14/h7,9-10,16H,3,5-6,11-13H2,1-2,4H3,(H,26,27). The lowest BCUT2D eigenvalue weighted by Gasteiger charge is -2.37. The Kier molecular flexibility index (Phi) is 5.32. The van der Waals surface area contributed by atoms with Gasteiger partial charge in [0.15, 0.2) is 11.7 Å². The fraction of sp³-hybridized carbons (Fsp3) is 0.435. The van der Waals surface area contributed by atoms with Crippen molar-refractivity contribution in [2.75, 3.05) is 26.8 Å². The number of pyridine rings is 1. The summed E-state index contributed by atoms with van der Waals surface area (Å²) >= 11 is 0. The number of methoxy groups -OCH3 is 1. The molecule has 3 aromatic heterocycles. The van der Waals surface area contributed by atoms with Gasteiger partial charge in [0, 0.05) is 56.6 Å². The van der Waals surface area contributed by atoms with E-state index in [-0.39, 0.29) is 6.10 Å². The number of nitrogens with zero attached hydrogens (tertiary/aromatic N) is 7. The molecule has 2 aliphatic rings. The highest BCUT2D eigenvalue weighted by Crippen LogP contribution is 2.35. The number of fused-ring (bicyclic) bond motifs is 2. The van der Waals surface area contributed by atoms with Gasteiger partial charge in [0.25, 0.3) is 0 Å². The molecule has 0 aliphatic carbocycles.